The number of carboxylic acid groups (broad SMARTS) is 1. The Balaban J connectivity index is 5.91. The van der Waals surface area contributed by atoms with Gasteiger partial charge in [0, 0.05) is 0 Å². The summed E-state index contributed by atoms with van der Waals surface area (Å²) in [5, 5.41) is 43.1. The first-order chi connectivity index (χ1) is 24.1. The molecule has 0 heterocycles. The fourth-order valence-corrected chi connectivity index (χ4v) is 4.80. The average molecular weight is 746 g/mol. The number of aliphatic hydroxyl groups is 2. The monoisotopic (exact) mass is 745 g/mol. The maximum Gasteiger partial charge on any atom is 0.326 e. The van der Waals surface area contributed by atoms with E-state index >= 15 is 0 Å². The van der Waals surface area contributed by atoms with E-state index in [9.17, 15) is 53.7 Å². The Labute approximate surface area is 303 Å². The van der Waals surface area contributed by atoms with Gasteiger partial charge in [-0.05, 0) is 64.3 Å². The van der Waals surface area contributed by atoms with Crippen LogP contribution in [0.15, 0.2) is 0 Å². The lowest BCUT2D eigenvalue weighted by Gasteiger charge is -2.28. The van der Waals surface area contributed by atoms with Gasteiger partial charge in [-0.25, -0.2) is 4.79 Å². The first-order valence-electron chi connectivity index (χ1n) is 17.2. The van der Waals surface area contributed by atoms with Gasteiger partial charge in [0.15, 0.2) is 0 Å². The van der Waals surface area contributed by atoms with E-state index in [0.717, 1.165) is 0 Å². The van der Waals surface area contributed by atoms with E-state index in [-0.39, 0.29) is 31.1 Å². The molecule has 20 heteroatoms. The summed E-state index contributed by atoms with van der Waals surface area (Å²) >= 11 is 0. The van der Waals surface area contributed by atoms with Crippen LogP contribution >= 0.6 is 0 Å². The number of rotatable bonds is 25. The van der Waals surface area contributed by atoms with Crippen molar-refractivity contribution in [3.63, 3.8) is 0 Å². The maximum absolute atomic E-state index is 13.5. The van der Waals surface area contributed by atoms with Gasteiger partial charge in [0.1, 0.15) is 42.3 Å². The molecule has 0 saturated heterocycles. The minimum Gasteiger partial charge on any atom is -0.480 e. The molecule has 0 aliphatic rings. The molecule has 0 rings (SSSR count). The summed E-state index contributed by atoms with van der Waals surface area (Å²) in [6.07, 6.45) is -1.01. The van der Waals surface area contributed by atoms with Crippen LogP contribution in [0.3, 0.4) is 0 Å². The number of nitrogens with two attached hydrogens (primary N) is 3. The molecule has 0 unspecified atom stereocenters. The summed E-state index contributed by atoms with van der Waals surface area (Å²) in [7, 11) is 0. The van der Waals surface area contributed by atoms with Gasteiger partial charge in [0.05, 0.1) is 19.1 Å². The van der Waals surface area contributed by atoms with Gasteiger partial charge in [-0.2, -0.15) is 0 Å². The topological polar surface area (TPSA) is 347 Å². The van der Waals surface area contributed by atoms with E-state index in [4.69, 9.17) is 17.2 Å². The number of hydrogen-bond donors (Lipinski definition) is 12. The Morgan fingerprint density at radius 2 is 1.08 bits per heavy atom. The predicted molar refractivity (Wildman–Crippen MR) is 187 cm³/mol. The van der Waals surface area contributed by atoms with E-state index in [1.54, 1.807) is 27.7 Å². The van der Waals surface area contributed by atoms with Gasteiger partial charge >= 0.3 is 5.97 Å². The molecule has 0 aromatic heterocycles. The van der Waals surface area contributed by atoms with Gasteiger partial charge in [0.2, 0.25) is 41.4 Å². The van der Waals surface area contributed by atoms with E-state index in [1.807, 2.05) is 0 Å². The molecule has 0 aliphatic heterocycles. The molecule has 0 aromatic carbocycles. The number of carbonyl (C=O) groups is 8. The zero-order valence-corrected chi connectivity index (χ0v) is 30.8. The highest BCUT2D eigenvalue weighted by Gasteiger charge is 2.34. The first kappa shape index (κ1) is 47.6. The smallest absolute Gasteiger partial charge is 0.326 e. The second-order valence-electron chi connectivity index (χ2n) is 13.5. The van der Waals surface area contributed by atoms with Crippen LogP contribution in [-0.2, 0) is 38.4 Å². The van der Waals surface area contributed by atoms with E-state index in [0.29, 0.717) is 19.4 Å². The van der Waals surface area contributed by atoms with Crippen LogP contribution in [-0.4, -0.2) is 124 Å². The molecule has 52 heavy (non-hydrogen) atoms. The lowest BCUT2D eigenvalue weighted by atomic mass is 9.99. The van der Waals surface area contributed by atoms with E-state index in [1.165, 1.54) is 13.8 Å². The maximum atomic E-state index is 13.5. The standard InChI is InChI=1S/C32H59N9O11/c1-15(2)11-21(38-27(46)19(34)14-42)29(48)39-22(12-16(3)4)30(49)40-23(13-24(35)44)28(47)36-17(5)26(45)41-25(18(6)43)31(50)37-20(32(51)52)9-7-8-10-33/h15-23,25,42-43H,7-14,33-34H2,1-6H3,(H2,35,44)(H,36,47)(H,37,50)(H,38,46)(H,39,48)(H,40,49)(H,41,45)(H,51,52)/t17-,18+,19-,20-,21-,22-,23-,25-/m0/s1. The molecular weight excluding hydrogens is 686 g/mol. The van der Waals surface area contributed by atoms with Crippen LogP contribution in [0.2, 0.25) is 0 Å². The zero-order chi connectivity index (χ0) is 40.3. The Hall–Kier alpha value is -4.40. The van der Waals surface area contributed by atoms with Crippen LogP contribution in [0.4, 0.5) is 0 Å². The van der Waals surface area contributed by atoms with Crippen LogP contribution in [0.25, 0.3) is 0 Å². The van der Waals surface area contributed by atoms with Crippen molar-refractivity contribution in [1.29, 1.82) is 0 Å². The number of primary amides is 1. The number of nitrogens with one attached hydrogen (secondary N) is 6. The van der Waals surface area contributed by atoms with Gasteiger partial charge in [-0.3, -0.25) is 33.6 Å². The third kappa shape index (κ3) is 18.2. The normalized spacial score (nSPS) is 15.8. The summed E-state index contributed by atoms with van der Waals surface area (Å²) in [6.45, 7) is 9.17. The molecule has 0 bridgehead atoms. The van der Waals surface area contributed by atoms with Crippen LogP contribution in [0.1, 0.15) is 80.1 Å². The molecular formula is C32H59N9O11. The zero-order valence-electron chi connectivity index (χ0n) is 30.8. The van der Waals surface area contributed by atoms with Crippen molar-refractivity contribution < 1.29 is 53.7 Å². The second-order valence-corrected chi connectivity index (χ2v) is 13.5. The average Bonchev–Trinajstić information content (AvgIpc) is 3.03. The lowest BCUT2D eigenvalue weighted by molar-refractivity contribution is -0.143. The largest absolute Gasteiger partial charge is 0.480 e. The summed E-state index contributed by atoms with van der Waals surface area (Å²) in [6, 6.07) is -9.65. The first-order valence-corrected chi connectivity index (χ1v) is 17.2. The molecule has 0 aromatic rings. The predicted octanol–water partition coefficient (Wildman–Crippen LogP) is -4.20. The molecule has 0 spiro atoms. The number of carbonyl (C=O) groups excluding carboxylic acids is 7. The van der Waals surface area contributed by atoms with E-state index in [2.05, 4.69) is 31.9 Å². The summed E-state index contributed by atoms with van der Waals surface area (Å²) in [5.41, 5.74) is 16.3. The van der Waals surface area contributed by atoms with Crippen LogP contribution < -0.4 is 49.1 Å². The molecule has 7 amide bonds. The Kier molecular flexibility index (Phi) is 21.9. The summed E-state index contributed by atoms with van der Waals surface area (Å²) in [5.74, 6) is -7.98. The van der Waals surface area contributed by atoms with Gasteiger partial charge < -0.3 is 64.4 Å². The van der Waals surface area contributed by atoms with Gasteiger partial charge in [-0.15, -0.1) is 0 Å². The quantitative estimate of drug-likeness (QED) is 0.0395. The lowest BCUT2D eigenvalue weighted by Crippen LogP contribution is -2.61. The molecule has 0 fully saturated rings. The minimum absolute atomic E-state index is 0.0499. The van der Waals surface area contributed by atoms with Crippen molar-refractivity contribution in [1.82, 2.24) is 31.9 Å². The molecule has 0 aliphatic carbocycles. The molecule has 0 radical (unpaired) electrons. The Bertz CT molecular complexity index is 1230. The highest BCUT2D eigenvalue weighted by atomic mass is 16.4. The van der Waals surface area contributed by atoms with Crippen molar-refractivity contribution in [2.24, 2.45) is 29.0 Å². The number of amides is 7. The van der Waals surface area contributed by atoms with E-state index < -0.39 is 109 Å². The summed E-state index contributed by atoms with van der Waals surface area (Å²) in [4.78, 5) is 102. The van der Waals surface area contributed by atoms with Gasteiger partial charge in [-0.1, -0.05) is 27.7 Å². The van der Waals surface area contributed by atoms with Crippen molar-refractivity contribution in [2.75, 3.05) is 13.2 Å². The number of unbranched alkanes of at least 4 members (excludes halogenated alkanes) is 1. The number of aliphatic carboxylic acids is 1. The van der Waals surface area contributed by atoms with Crippen LogP contribution in [0, 0.1) is 11.8 Å². The van der Waals surface area contributed by atoms with Crippen molar-refractivity contribution >= 4 is 47.3 Å². The number of aliphatic hydroxyl groups excluding tert-OH is 2. The fourth-order valence-electron chi connectivity index (χ4n) is 4.80. The highest BCUT2D eigenvalue weighted by molar-refractivity contribution is 5.98. The molecule has 298 valence electrons. The fraction of sp³-hybridized carbons (Fsp3) is 0.750. The van der Waals surface area contributed by atoms with Crippen molar-refractivity contribution in [3.05, 3.63) is 0 Å². The number of hydrogen-bond acceptors (Lipinski definition) is 12. The SMILES string of the molecule is CC(C)C[C@H](NC(=O)[C@H](CC(C)C)NC(=O)[C@@H](N)CO)C(=O)N[C@@H](CC(N)=O)C(=O)N[C@@H](C)C(=O)N[C@H](C(=O)N[C@@H](CCCCN)C(=O)O)[C@@H](C)O. The van der Waals surface area contributed by atoms with Crippen LogP contribution in [0.5, 0.6) is 0 Å². The molecule has 20 nitrogen and oxygen atoms in total. The highest BCUT2D eigenvalue weighted by Crippen LogP contribution is 2.10. The Morgan fingerprint density at radius 3 is 1.50 bits per heavy atom. The number of carboxylic acids is 1. The third-order valence-electron chi connectivity index (χ3n) is 7.63. The molecule has 0 saturated carbocycles. The second kappa shape index (κ2) is 24.0. The van der Waals surface area contributed by atoms with Gasteiger partial charge in [0.25, 0.3) is 0 Å². The van der Waals surface area contributed by atoms with Crippen molar-refractivity contribution in [3.8, 4) is 0 Å². The Morgan fingerprint density at radius 1 is 0.615 bits per heavy atom. The molecule has 8 atom stereocenters. The minimum atomic E-state index is -1.62. The molecule has 15 N–H and O–H groups in total. The van der Waals surface area contributed by atoms with Crippen molar-refractivity contribution in [2.45, 2.75) is 128 Å². The third-order valence-corrected chi connectivity index (χ3v) is 7.63. The summed E-state index contributed by atoms with van der Waals surface area (Å²) < 4.78 is 0.